The Bertz CT molecular complexity index is 537. The summed E-state index contributed by atoms with van der Waals surface area (Å²) in [5, 5.41) is 9.47. The maximum Gasteiger partial charge on any atom is 0.257 e. The third-order valence-electron chi connectivity index (χ3n) is 2.78. The number of hydrogen-bond acceptors (Lipinski definition) is 2. The lowest BCUT2D eigenvalue weighted by Gasteiger charge is -2.09. The number of H-pyrrole nitrogens is 1. The third kappa shape index (κ3) is 2.20. The number of carbonyl (C=O) groups excluding carboxylic acids is 1. The van der Waals surface area contributed by atoms with Crippen molar-refractivity contribution in [1.29, 1.82) is 0 Å². The van der Waals surface area contributed by atoms with Crippen LogP contribution in [0.5, 0.6) is 0 Å². The molecule has 0 bridgehead atoms. The Morgan fingerprint density at radius 3 is 2.35 bits per heavy atom. The molecule has 0 radical (unpaired) electrons. The van der Waals surface area contributed by atoms with Crippen molar-refractivity contribution in [3.63, 3.8) is 0 Å². The van der Waals surface area contributed by atoms with Crippen LogP contribution in [0.2, 0.25) is 0 Å². The van der Waals surface area contributed by atoms with Crippen molar-refractivity contribution in [2.24, 2.45) is 0 Å². The summed E-state index contributed by atoms with van der Waals surface area (Å²) in [4.78, 5) is 12.1. The van der Waals surface area contributed by atoms with Gasteiger partial charge in [0.1, 0.15) is 5.82 Å². The first-order valence-electron chi connectivity index (χ1n) is 5.47. The van der Waals surface area contributed by atoms with Crippen molar-refractivity contribution in [3.8, 4) is 0 Å². The first-order valence-corrected chi connectivity index (χ1v) is 5.47. The van der Waals surface area contributed by atoms with Gasteiger partial charge in [-0.2, -0.15) is 5.10 Å². The Labute approximate surface area is 100 Å². The summed E-state index contributed by atoms with van der Waals surface area (Å²) in [5.41, 5.74) is 3.59. The van der Waals surface area contributed by atoms with Gasteiger partial charge in [0, 0.05) is 11.1 Å². The van der Waals surface area contributed by atoms with Crippen LogP contribution >= 0.6 is 0 Å². The van der Waals surface area contributed by atoms with E-state index in [1.54, 1.807) is 6.20 Å². The molecule has 0 aliphatic rings. The fourth-order valence-corrected chi connectivity index (χ4v) is 1.82. The number of rotatable bonds is 2. The number of aryl methyl sites for hydroxylation is 3. The Hall–Kier alpha value is -2.10. The topological polar surface area (TPSA) is 57.8 Å². The van der Waals surface area contributed by atoms with Crippen LogP contribution in [0.1, 0.15) is 27.0 Å². The zero-order chi connectivity index (χ0) is 12.4. The van der Waals surface area contributed by atoms with Crippen LogP contribution in [0.15, 0.2) is 24.4 Å². The molecule has 1 amide bonds. The molecular formula is C13H15N3O. The number of carbonyl (C=O) groups is 1. The molecule has 1 heterocycles. The standard InChI is InChI=1S/C13H15N3O/c1-8-5-4-6-9(2)11(8)13(17)15-12-10(3)7-14-16-12/h4-7H,1-3H3,(H2,14,15,16,17). The molecule has 2 N–H and O–H groups in total. The van der Waals surface area contributed by atoms with E-state index in [0.29, 0.717) is 5.82 Å². The van der Waals surface area contributed by atoms with E-state index in [4.69, 9.17) is 0 Å². The molecule has 88 valence electrons. The van der Waals surface area contributed by atoms with Crippen LogP contribution in [-0.4, -0.2) is 16.1 Å². The van der Waals surface area contributed by atoms with E-state index in [1.807, 2.05) is 39.0 Å². The predicted octanol–water partition coefficient (Wildman–Crippen LogP) is 2.59. The van der Waals surface area contributed by atoms with Gasteiger partial charge >= 0.3 is 0 Å². The molecule has 0 saturated carbocycles. The molecule has 2 rings (SSSR count). The molecule has 0 saturated heterocycles. The highest BCUT2D eigenvalue weighted by Gasteiger charge is 2.13. The fraction of sp³-hybridized carbons (Fsp3) is 0.231. The first kappa shape index (κ1) is 11.4. The molecule has 1 aromatic carbocycles. The van der Waals surface area contributed by atoms with Gasteiger partial charge in [-0.3, -0.25) is 9.89 Å². The minimum absolute atomic E-state index is 0.104. The SMILES string of the molecule is Cc1cn[nH]c1NC(=O)c1c(C)cccc1C. The Balaban J connectivity index is 2.30. The number of nitrogens with zero attached hydrogens (tertiary/aromatic N) is 1. The second-order valence-corrected chi connectivity index (χ2v) is 4.15. The van der Waals surface area contributed by atoms with Crippen molar-refractivity contribution < 1.29 is 4.79 Å². The number of nitrogens with one attached hydrogen (secondary N) is 2. The number of hydrogen-bond donors (Lipinski definition) is 2. The first-order chi connectivity index (χ1) is 8.09. The van der Waals surface area contributed by atoms with E-state index in [-0.39, 0.29) is 5.91 Å². The molecule has 4 nitrogen and oxygen atoms in total. The highest BCUT2D eigenvalue weighted by Crippen LogP contribution is 2.16. The molecule has 0 atom stereocenters. The van der Waals surface area contributed by atoms with Crippen molar-refractivity contribution in [1.82, 2.24) is 10.2 Å². The molecule has 0 fully saturated rings. The number of aromatic amines is 1. The number of benzene rings is 1. The van der Waals surface area contributed by atoms with Gasteiger partial charge in [-0.05, 0) is 31.9 Å². The van der Waals surface area contributed by atoms with Gasteiger partial charge in [-0.25, -0.2) is 0 Å². The van der Waals surface area contributed by atoms with Gasteiger partial charge in [0.15, 0.2) is 0 Å². The minimum atomic E-state index is -0.104. The quantitative estimate of drug-likeness (QED) is 0.831. The van der Waals surface area contributed by atoms with Crippen molar-refractivity contribution >= 4 is 11.7 Å². The second-order valence-electron chi connectivity index (χ2n) is 4.15. The monoisotopic (exact) mass is 229 g/mol. The van der Waals surface area contributed by atoms with E-state index in [0.717, 1.165) is 22.3 Å². The average molecular weight is 229 g/mol. The van der Waals surface area contributed by atoms with E-state index >= 15 is 0 Å². The molecule has 0 aliphatic carbocycles. The summed E-state index contributed by atoms with van der Waals surface area (Å²) in [6, 6.07) is 5.81. The molecule has 0 spiro atoms. The van der Waals surface area contributed by atoms with Gasteiger partial charge < -0.3 is 5.32 Å². The lowest BCUT2D eigenvalue weighted by atomic mass is 10.0. The van der Waals surface area contributed by atoms with E-state index in [9.17, 15) is 4.79 Å². The lowest BCUT2D eigenvalue weighted by molar-refractivity contribution is 0.102. The van der Waals surface area contributed by atoms with Crippen molar-refractivity contribution in [2.75, 3.05) is 5.32 Å². The van der Waals surface area contributed by atoms with Crippen LogP contribution < -0.4 is 5.32 Å². The molecule has 2 aromatic rings. The van der Waals surface area contributed by atoms with Gasteiger partial charge in [0.2, 0.25) is 0 Å². The average Bonchev–Trinajstić information content (AvgIpc) is 2.64. The minimum Gasteiger partial charge on any atom is -0.307 e. The Morgan fingerprint density at radius 2 is 1.82 bits per heavy atom. The number of aromatic nitrogens is 2. The van der Waals surface area contributed by atoms with Gasteiger partial charge in [0.05, 0.1) is 6.20 Å². The van der Waals surface area contributed by atoms with Crippen LogP contribution in [0.3, 0.4) is 0 Å². The molecule has 0 aliphatic heterocycles. The van der Waals surface area contributed by atoms with E-state index in [1.165, 1.54) is 0 Å². The maximum atomic E-state index is 12.1. The summed E-state index contributed by atoms with van der Waals surface area (Å²) in [7, 11) is 0. The van der Waals surface area contributed by atoms with Crippen molar-refractivity contribution in [2.45, 2.75) is 20.8 Å². The number of anilines is 1. The van der Waals surface area contributed by atoms with Crippen LogP contribution in [0.25, 0.3) is 0 Å². The smallest absolute Gasteiger partial charge is 0.257 e. The van der Waals surface area contributed by atoms with Gasteiger partial charge in [0.25, 0.3) is 5.91 Å². The van der Waals surface area contributed by atoms with Crippen LogP contribution in [0.4, 0.5) is 5.82 Å². The highest BCUT2D eigenvalue weighted by atomic mass is 16.1. The Kier molecular flexibility index (Phi) is 2.95. The Morgan fingerprint density at radius 1 is 1.18 bits per heavy atom. The molecule has 0 unspecified atom stereocenters. The zero-order valence-corrected chi connectivity index (χ0v) is 10.2. The summed E-state index contributed by atoms with van der Waals surface area (Å²) < 4.78 is 0. The van der Waals surface area contributed by atoms with Crippen LogP contribution in [0, 0.1) is 20.8 Å². The molecule has 17 heavy (non-hydrogen) atoms. The number of amides is 1. The van der Waals surface area contributed by atoms with E-state index < -0.39 is 0 Å². The van der Waals surface area contributed by atoms with Crippen LogP contribution in [-0.2, 0) is 0 Å². The highest BCUT2D eigenvalue weighted by molar-refractivity contribution is 6.06. The van der Waals surface area contributed by atoms with Gasteiger partial charge in [-0.15, -0.1) is 0 Å². The zero-order valence-electron chi connectivity index (χ0n) is 10.2. The summed E-state index contributed by atoms with van der Waals surface area (Å²) in [6.45, 7) is 5.76. The largest absolute Gasteiger partial charge is 0.307 e. The predicted molar refractivity (Wildman–Crippen MR) is 67.2 cm³/mol. The third-order valence-corrected chi connectivity index (χ3v) is 2.78. The summed E-state index contributed by atoms with van der Waals surface area (Å²) in [6.07, 6.45) is 1.68. The summed E-state index contributed by atoms with van der Waals surface area (Å²) >= 11 is 0. The maximum absolute atomic E-state index is 12.1. The summed E-state index contributed by atoms with van der Waals surface area (Å²) in [5.74, 6) is 0.547. The van der Waals surface area contributed by atoms with E-state index in [2.05, 4.69) is 15.5 Å². The molecule has 4 heteroatoms. The molecular weight excluding hydrogens is 214 g/mol. The van der Waals surface area contributed by atoms with Crippen molar-refractivity contribution in [3.05, 3.63) is 46.6 Å². The second kappa shape index (κ2) is 4.41. The molecule has 1 aromatic heterocycles. The van der Waals surface area contributed by atoms with Gasteiger partial charge in [-0.1, -0.05) is 18.2 Å². The fourth-order valence-electron chi connectivity index (χ4n) is 1.82. The normalized spacial score (nSPS) is 10.3. The lowest BCUT2D eigenvalue weighted by Crippen LogP contribution is -2.15.